The molecule has 1 heterocycles. The maximum Gasteiger partial charge on any atom is 0.410 e. The Morgan fingerprint density at radius 1 is 0.786 bits per heavy atom. The lowest BCUT2D eigenvalue weighted by molar-refractivity contribution is 0.0255. The Labute approximate surface area is 166 Å². The van der Waals surface area contributed by atoms with Crippen LogP contribution in [0, 0.1) is 0 Å². The van der Waals surface area contributed by atoms with Crippen LogP contribution in [0.3, 0.4) is 0 Å². The molecule has 28 heavy (non-hydrogen) atoms. The SMILES string of the molecule is CC(C)(C)OC(=O)N1CCCN(C(=O)c2ccc(-c3ccccc3)cc2)CC1. The van der Waals surface area contributed by atoms with E-state index in [0.29, 0.717) is 31.7 Å². The Bertz CT molecular complexity index is 810. The molecular weight excluding hydrogens is 352 g/mol. The van der Waals surface area contributed by atoms with Crippen LogP contribution in [-0.4, -0.2) is 53.6 Å². The number of carbonyl (C=O) groups is 2. The molecule has 0 unspecified atom stereocenters. The topological polar surface area (TPSA) is 49.9 Å². The highest BCUT2D eigenvalue weighted by molar-refractivity contribution is 5.94. The van der Waals surface area contributed by atoms with Gasteiger partial charge in [0.05, 0.1) is 0 Å². The summed E-state index contributed by atoms with van der Waals surface area (Å²) in [4.78, 5) is 28.7. The van der Waals surface area contributed by atoms with Gasteiger partial charge in [-0.05, 0) is 50.5 Å². The summed E-state index contributed by atoms with van der Waals surface area (Å²) in [5.41, 5.74) is 2.37. The second-order valence-corrected chi connectivity index (χ2v) is 8.06. The van der Waals surface area contributed by atoms with Gasteiger partial charge < -0.3 is 14.5 Å². The highest BCUT2D eigenvalue weighted by atomic mass is 16.6. The van der Waals surface area contributed by atoms with Gasteiger partial charge in [-0.25, -0.2) is 4.79 Å². The summed E-state index contributed by atoms with van der Waals surface area (Å²) in [6, 6.07) is 17.8. The Balaban J connectivity index is 1.62. The lowest BCUT2D eigenvalue weighted by Crippen LogP contribution is -2.40. The standard InChI is InChI=1S/C23H28N2O3/c1-23(2,3)28-22(27)25-15-7-14-24(16-17-25)21(26)20-12-10-19(11-13-20)18-8-5-4-6-9-18/h4-6,8-13H,7,14-17H2,1-3H3. The van der Waals surface area contributed by atoms with Crippen LogP contribution in [-0.2, 0) is 4.74 Å². The molecule has 2 aromatic rings. The first kappa shape index (κ1) is 19.9. The van der Waals surface area contributed by atoms with Crippen molar-refractivity contribution in [1.29, 1.82) is 0 Å². The molecule has 148 valence electrons. The molecule has 0 saturated carbocycles. The minimum Gasteiger partial charge on any atom is -0.444 e. The zero-order chi connectivity index (χ0) is 20.1. The van der Waals surface area contributed by atoms with E-state index in [1.54, 1.807) is 4.90 Å². The predicted molar refractivity (Wildman–Crippen MR) is 110 cm³/mol. The van der Waals surface area contributed by atoms with Gasteiger partial charge in [-0.2, -0.15) is 0 Å². The minimum atomic E-state index is -0.514. The molecule has 0 N–H and O–H groups in total. The van der Waals surface area contributed by atoms with Crippen LogP contribution in [0.25, 0.3) is 11.1 Å². The van der Waals surface area contributed by atoms with E-state index in [4.69, 9.17) is 4.74 Å². The number of hydrogen-bond acceptors (Lipinski definition) is 3. The zero-order valence-electron chi connectivity index (χ0n) is 16.9. The van der Waals surface area contributed by atoms with Crippen molar-refractivity contribution in [2.75, 3.05) is 26.2 Å². The van der Waals surface area contributed by atoms with Crippen LogP contribution < -0.4 is 0 Å². The molecule has 0 atom stereocenters. The summed E-state index contributed by atoms with van der Waals surface area (Å²) in [5, 5.41) is 0. The van der Waals surface area contributed by atoms with E-state index in [-0.39, 0.29) is 12.0 Å². The van der Waals surface area contributed by atoms with Crippen LogP contribution in [0.5, 0.6) is 0 Å². The van der Waals surface area contributed by atoms with Gasteiger partial charge in [0.2, 0.25) is 0 Å². The van der Waals surface area contributed by atoms with E-state index in [2.05, 4.69) is 12.1 Å². The number of amides is 2. The summed E-state index contributed by atoms with van der Waals surface area (Å²) < 4.78 is 5.45. The quantitative estimate of drug-likeness (QED) is 0.774. The highest BCUT2D eigenvalue weighted by Gasteiger charge is 2.26. The fourth-order valence-electron chi connectivity index (χ4n) is 3.25. The third kappa shape index (κ3) is 5.12. The largest absolute Gasteiger partial charge is 0.444 e. The number of carbonyl (C=O) groups excluding carboxylic acids is 2. The Morgan fingerprint density at radius 3 is 2.00 bits per heavy atom. The fraction of sp³-hybridized carbons (Fsp3) is 0.391. The van der Waals surface area contributed by atoms with Gasteiger partial charge in [0, 0.05) is 31.7 Å². The van der Waals surface area contributed by atoms with Crippen molar-refractivity contribution < 1.29 is 14.3 Å². The minimum absolute atomic E-state index is 0.00523. The molecule has 0 bridgehead atoms. The maximum absolute atomic E-state index is 12.9. The monoisotopic (exact) mass is 380 g/mol. The van der Waals surface area contributed by atoms with Crippen molar-refractivity contribution >= 4 is 12.0 Å². The van der Waals surface area contributed by atoms with E-state index >= 15 is 0 Å². The number of ether oxygens (including phenoxy) is 1. The summed E-state index contributed by atoms with van der Waals surface area (Å²) in [6.45, 7) is 7.82. The number of benzene rings is 2. The normalized spacial score (nSPS) is 15.1. The van der Waals surface area contributed by atoms with Crippen molar-refractivity contribution in [3.8, 4) is 11.1 Å². The number of nitrogens with zero attached hydrogens (tertiary/aromatic N) is 2. The summed E-state index contributed by atoms with van der Waals surface area (Å²) in [7, 11) is 0. The smallest absolute Gasteiger partial charge is 0.410 e. The second kappa shape index (κ2) is 8.46. The van der Waals surface area contributed by atoms with Gasteiger partial charge in [0.1, 0.15) is 5.60 Å². The van der Waals surface area contributed by atoms with Crippen LogP contribution in [0.15, 0.2) is 54.6 Å². The Kier molecular flexibility index (Phi) is 6.02. The molecule has 1 aliphatic rings. The molecular formula is C23H28N2O3. The molecule has 0 aliphatic carbocycles. The molecule has 1 saturated heterocycles. The van der Waals surface area contributed by atoms with Gasteiger partial charge in [-0.3, -0.25) is 4.79 Å². The third-order valence-corrected chi connectivity index (χ3v) is 4.67. The van der Waals surface area contributed by atoms with E-state index in [1.807, 2.05) is 68.1 Å². The van der Waals surface area contributed by atoms with Crippen molar-refractivity contribution in [1.82, 2.24) is 9.80 Å². The van der Waals surface area contributed by atoms with E-state index in [1.165, 1.54) is 0 Å². The van der Waals surface area contributed by atoms with Crippen LogP contribution in [0.1, 0.15) is 37.6 Å². The van der Waals surface area contributed by atoms with Gasteiger partial charge >= 0.3 is 6.09 Å². The van der Waals surface area contributed by atoms with Crippen LogP contribution >= 0.6 is 0 Å². The molecule has 3 rings (SSSR count). The lowest BCUT2D eigenvalue weighted by atomic mass is 10.0. The predicted octanol–water partition coefficient (Wildman–Crippen LogP) is 4.44. The average molecular weight is 380 g/mol. The summed E-state index contributed by atoms with van der Waals surface area (Å²) in [6.07, 6.45) is 0.432. The first-order chi connectivity index (χ1) is 13.3. The average Bonchev–Trinajstić information content (AvgIpc) is 2.93. The summed E-state index contributed by atoms with van der Waals surface area (Å²) in [5.74, 6) is 0.00523. The first-order valence-electron chi connectivity index (χ1n) is 9.76. The van der Waals surface area contributed by atoms with Gasteiger partial charge in [0.25, 0.3) is 5.91 Å². The molecule has 2 aromatic carbocycles. The highest BCUT2D eigenvalue weighted by Crippen LogP contribution is 2.20. The van der Waals surface area contributed by atoms with E-state index in [9.17, 15) is 9.59 Å². The molecule has 1 aliphatic heterocycles. The number of rotatable bonds is 2. The molecule has 0 radical (unpaired) electrons. The summed E-state index contributed by atoms with van der Waals surface area (Å²) >= 11 is 0. The molecule has 0 aromatic heterocycles. The third-order valence-electron chi connectivity index (χ3n) is 4.67. The van der Waals surface area contributed by atoms with Gasteiger partial charge in [-0.1, -0.05) is 42.5 Å². The Hall–Kier alpha value is -2.82. The molecule has 2 amide bonds. The van der Waals surface area contributed by atoms with Crippen molar-refractivity contribution in [2.24, 2.45) is 0 Å². The maximum atomic E-state index is 12.9. The van der Waals surface area contributed by atoms with E-state index < -0.39 is 5.60 Å². The van der Waals surface area contributed by atoms with Gasteiger partial charge in [0.15, 0.2) is 0 Å². The Morgan fingerprint density at radius 2 is 1.36 bits per heavy atom. The second-order valence-electron chi connectivity index (χ2n) is 8.06. The number of hydrogen-bond donors (Lipinski definition) is 0. The molecule has 5 heteroatoms. The molecule has 1 fully saturated rings. The fourth-order valence-corrected chi connectivity index (χ4v) is 3.25. The zero-order valence-corrected chi connectivity index (χ0v) is 16.9. The molecule has 0 spiro atoms. The van der Waals surface area contributed by atoms with Crippen molar-refractivity contribution in [2.45, 2.75) is 32.8 Å². The van der Waals surface area contributed by atoms with Crippen molar-refractivity contribution in [3.63, 3.8) is 0 Å². The first-order valence-corrected chi connectivity index (χ1v) is 9.76. The lowest BCUT2D eigenvalue weighted by Gasteiger charge is -2.26. The van der Waals surface area contributed by atoms with Crippen LogP contribution in [0.2, 0.25) is 0 Å². The van der Waals surface area contributed by atoms with Gasteiger partial charge in [-0.15, -0.1) is 0 Å². The molecule has 5 nitrogen and oxygen atoms in total. The van der Waals surface area contributed by atoms with Crippen molar-refractivity contribution in [3.05, 3.63) is 60.2 Å². The van der Waals surface area contributed by atoms with Crippen LogP contribution in [0.4, 0.5) is 4.79 Å². The van der Waals surface area contributed by atoms with E-state index in [0.717, 1.165) is 17.5 Å².